The van der Waals surface area contributed by atoms with E-state index in [0.29, 0.717) is 0 Å². The SMILES string of the molecule is [CH]1CCc2nnccc21. The zero-order valence-corrected chi connectivity index (χ0v) is 5.04. The van der Waals surface area contributed by atoms with Gasteiger partial charge in [0.05, 0.1) is 5.69 Å². The fraction of sp³-hybridized carbons (Fsp3) is 0.286. The normalized spacial score (nSPS) is 15.6. The first-order chi connectivity index (χ1) is 4.47. The Morgan fingerprint density at radius 2 is 2.44 bits per heavy atom. The average Bonchev–Trinajstić information content (AvgIpc) is 2.33. The quantitative estimate of drug-likeness (QED) is 0.508. The van der Waals surface area contributed by atoms with Crippen molar-refractivity contribution in [2.75, 3.05) is 0 Å². The van der Waals surface area contributed by atoms with Crippen LogP contribution in [0.15, 0.2) is 12.3 Å². The van der Waals surface area contributed by atoms with E-state index in [1.807, 2.05) is 6.07 Å². The zero-order valence-electron chi connectivity index (χ0n) is 5.04. The van der Waals surface area contributed by atoms with Gasteiger partial charge in [-0.05, 0) is 30.9 Å². The molecule has 45 valence electrons. The summed E-state index contributed by atoms with van der Waals surface area (Å²) in [6.07, 6.45) is 6.14. The molecule has 2 heteroatoms. The van der Waals surface area contributed by atoms with E-state index in [0.717, 1.165) is 18.5 Å². The lowest BCUT2D eigenvalue weighted by molar-refractivity contribution is 0.912. The number of nitrogens with zero attached hydrogens (tertiary/aromatic N) is 2. The third-order valence-electron chi connectivity index (χ3n) is 1.58. The first kappa shape index (κ1) is 4.91. The molecule has 2 nitrogen and oxygen atoms in total. The second-order valence-corrected chi connectivity index (χ2v) is 2.18. The number of aryl methyl sites for hydroxylation is 1. The third kappa shape index (κ3) is 0.707. The topological polar surface area (TPSA) is 25.8 Å². The van der Waals surface area contributed by atoms with Crippen molar-refractivity contribution in [2.24, 2.45) is 0 Å². The van der Waals surface area contributed by atoms with Gasteiger partial charge in [-0.3, -0.25) is 0 Å². The van der Waals surface area contributed by atoms with Crippen LogP contribution in [-0.4, -0.2) is 10.2 Å². The van der Waals surface area contributed by atoms with E-state index in [1.165, 1.54) is 5.56 Å². The highest BCUT2D eigenvalue weighted by molar-refractivity contribution is 5.30. The van der Waals surface area contributed by atoms with E-state index in [-0.39, 0.29) is 0 Å². The van der Waals surface area contributed by atoms with E-state index < -0.39 is 0 Å². The number of hydrogen-bond acceptors (Lipinski definition) is 2. The van der Waals surface area contributed by atoms with Gasteiger partial charge in [0.2, 0.25) is 0 Å². The number of hydrogen-bond donors (Lipinski definition) is 0. The van der Waals surface area contributed by atoms with Crippen LogP contribution in [-0.2, 0) is 6.42 Å². The van der Waals surface area contributed by atoms with Crippen molar-refractivity contribution in [1.82, 2.24) is 10.2 Å². The van der Waals surface area contributed by atoms with Gasteiger partial charge < -0.3 is 0 Å². The second kappa shape index (κ2) is 1.79. The minimum absolute atomic E-state index is 1.07. The molecule has 0 saturated carbocycles. The molecule has 1 aromatic heterocycles. The molecule has 1 aliphatic carbocycles. The first-order valence-electron chi connectivity index (χ1n) is 3.10. The van der Waals surface area contributed by atoms with Gasteiger partial charge in [-0.15, -0.1) is 0 Å². The van der Waals surface area contributed by atoms with Crippen LogP contribution in [0.3, 0.4) is 0 Å². The monoisotopic (exact) mass is 119 g/mol. The lowest BCUT2D eigenvalue weighted by Crippen LogP contribution is -1.88. The summed E-state index contributed by atoms with van der Waals surface area (Å²) in [7, 11) is 0. The Hall–Kier alpha value is -0.920. The van der Waals surface area contributed by atoms with Crippen molar-refractivity contribution in [3.05, 3.63) is 29.9 Å². The lowest BCUT2D eigenvalue weighted by atomic mass is 10.2. The minimum atomic E-state index is 1.07. The largest absolute Gasteiger partial charge is 0.159 e. The predicted molar refractivity (Wildman–Crippen MR) is 33.8 cm³/mol. The van der Waals surface area contributed by atoms with Gasteiger partial charge in [-0.1, -0.05) is 0 Å². The van der Waals surface area contributed by atoms with Gasteiger partial charge in [-0.25, -0.2) is 0 Å². The lowest BCUT2D eigenvalue weighted by Gasteiger charge is -1.90. The Labute approximate surface area is 53.9 Å². The molecule has 0 atom stereocenters. The Morgan fingerprint density at radius 1 is 1.44 bits per heavy atom. The van der Waals surface area contributed by atoms with Gasteiger partial charge >= 0.3 is 0 Å². The van der Waals surface area contributed by atoms with Crippen LogP contribution in [0.25, 0.3) is 0 Å². The predicted octanol–water partition coefficient (Wildman–Crippen LogP) is 0.975. The molecule has 1 radical (unpaired) electrons. The molecular weight excluding hydrogens is 112 g/mol. The van der Waals surface area contributed by atoms with Crippen molar-refractivity contribution < 1.29 is 0 Å². The summed E-state index contributed by atoms with van der Waals surface area (Å²) in [5.74, 6) is 0. The molecule has 0 N–H and O–H groups in total. The Bertz CT molecular complexity index is 197. The van der Waals surface area contributed by atoms with Gasteiger partial charge in [0, 0.05) is 6.20 Å². The van der Waals surface area contributed by atoms with Gasteiger partial charge in [0.15, 0.2) is 0 Å². The summed E-state index contributed by atoms with van der Waals surface area (Å²) in [5.41, 5.74) is 2.42. The highest BCUT2D eigenvalue weighted by Crippen LogP contribution is 2.18. The molecule has 1 aliphatic rings. The highest BCUT2D eigenvalue weighted by atomic mass is 15.1. The van der Waals surface area contributed by atoms with Crippen LogP contribution in [0.1, 0.15) is 17.7 Å². The molecular formula is C7H7N2. The number of fused-ring (bicyclic) bond motifs is 1. The number of rotatable bonds is 0. The molecule has 0 fully saturated rings. The second-order valence-electron chi connectivity index (χ2n) is 2.18. The van der Waals surface area contributed by atoms with Crippen molar-refractivity contribution in [2.45, 2.75) is 12.8 Å². The molecule has 0 spiro atoms. The van der Waals surface area contributed by atoms with E-state index in [1.54, 1.807) is 6.20 Å². The van der Waals surface area contributed by atoms with Crippen LogP contribution in [0.5, 0.6) is 0 Å². The molecule has 0 aromatic carbocycles. The van der Waals surface area contributed by atoms with E-state index in [2.05, 4.69) is 16.6 Å². The molecule has 1 heterocycles. The fourth-order valence-corrected chi connectivity index (χ4v) is 1.12. The average molecular weight is 119 g/mol. The standard InChI is InChI=1S/C7H7N2/c1-2-6-4-5-8-9-7(6)3-1/h2,4-5H,1,3H2. The molecule has 0 amide bonds. The van der Waals surface area contributed by atoms with Crippen molar-refractivity contribution in [3.8, 4) is 0 Å². The molecule has 0 aliphatic heterocycles. The first-order valence-corrected chi connectivity index (χ1v) is 3.10. The zero-order chi connectivity index (χ0) is 6.10. The summed E-state index contributed by atoms with van der Waals surface area (Å²) in [4.78, 5) is 0. The molecule has 0 unspecified atom stereocenters. The molecule has 1 aromatic rings. The summed E-state index contributed by atoms with van der Waals surface area (Å²) in [6.45, 7) is 0. The maximum absolute atomic E-state index is 3.98. The van der Waals surface area contributed by atoms with Gasteiger partial charge in [-0.2, -0.15) is 10.2 Å². The van der Waals surface area contributed by atoms with E-state index >= 15 is 0 Å². The van der Waals surface area contributed by atoms with Crippen LogP contribution >= 0.6 is 0 Å². The highest BCUT2D eigenvalue weighted by Gasteiger charge is 2.10. The summed E-state index contributed by atoms with van der Waals surface area (Å²) < 4.78 is 0. The Kier molecular flexibility index (Phi) is 0.979. The number of aromatic nitrogens is 2. The van der Waals surface area contributed by atoms with Crippen molar-refractivity contribution in [1.29, 1.82) is 0 Å². The maximum atomic E-state index is 3.98. The summed E-state index contributed by atoms with van der Waals surface area (Å²) in [6, 6.07) is 2.01. The van der Waals surface area contributed by atoms with Crippen molar-refractivity contribution >= 4 is 0 Å². The molecule has 0 saturated heterocycles. The van der Waals surface area contributed by atoms with Crippen LogP contribution in [0, 0.1) is 6.42 Å². The van der Waals surface area contributed by atoms with Gasteiger partial charge in [0.1, 0.15) is 0 Å². The van der Waals surface area contributed by atoms with E-state index in [4.69, 9.17) is 0 Å². The van der Waals surface area contributed by atoms with Crippen LogP contribution in [0.4, 0.5) is 0 Å². The fourth-order valence-electron chi connectivity index (χ4n) is 1.12. The van der Waals surface area contributed by atoms with Gasteiger partial charge in [0.25, 0.3) is 0 Å². The third-order valence-corrected chi connectivity index (χ3v) is 1.58. The smallest absolute Gasteiger partial charge is 0.0666 e. The van der Waals surface area contributed by atoms with E-state index in [9.17, 15) is 0 Å². The maximum Gasteiger partial charge on any atom is 0.0666 e. The summed E-state index contributed by atoms with van der Waals surface area (Å²) in [5, 5.41) is 7.76. The molecule has 9 heavy (non-hydrogen) atoms. The molecule has 0 bridgehead atoms. The summed E-state index contributed by atoms with van der Waals surface area (Å²) >= 11 is 0. The van der Waals surface area contributed by atoms with Crippen LogP contribution in [0.2, 0.25) is 0 Å². The van der Waals surface area contributed by atoms with Crippen molar-refractivity contribution in [3.63, 3.8) is 0 Å². The molecule has 2 rings (SSSR count). The Morgan fingerprint density at radius 3 is 3.33 bits per heavy atom. The van der Waals surface area contributed by atoms with Crippen LogP contribution < -0.4 is 0 Å². The Balaban J connectivity index is 2.54. The minimum Gasteiger partial charge on any atom is -0.159 e.